The summed E-state index contributed by atoms with van der Waals surface area (Å²) in [7, 11) is -2.31. The number of hydrogen-bond donors (Lipinski definition) is 2. The highest BCUT2D eigenvalue weighted by Crippen LogP contribution is 2.21. The van der Waals surface area contributed by atoms with Crippen molar-refractivity contribution >= 4 is 38.9 Å². The summed E-state index contributed by atoms with van der Waals surface area (Å²) in [5, 5.41) is 3.11. The standard InChI is InChI=1S/C21H19ClN2O5S/c1-28-18-10-8-16(9-11-18)24-30(26,27)20-7-3-5-17(13-20)23-21(25)14-29-19-6-2-4-15(22)12-19/h2-13,24H,14H2,1H3,(H,23,25). The van der Waals surface area contributed by atoms with E-state index in [9.17, 15) is 13.2 Å². The van der Waals surface area contributed by atoms with Crippen molar-refractivity contribution in [3.8, 4) is 11.5 Å². The van der Waals surface area contributed by atoms with Gasteiger partial charge in [0.15, 0.2) is 6.61 Å². The molecule has 0 heterocycles. The second-order valence-corrected chi connectivity index (χ2v) is 8.27. The second kappa shape index (κ2) is 9.51. The summed E-state index contributed by atoms with van der Waals surface area (Å²) < 4.78 is 38.2. The molecule has 2 N–H and O–H groups in total. The number of anilines is 2. The summed E-state index contributed by atoms with van der Waals surface area (Å²) >= 11 is 5.87. The molecule has 156 valence electrons. The van der Waals surface area contributed by atoms with Crippen LogP contribution in [0.4, 0.5) is 11.4 Å². The fraction of sp³-hybridized carbons (Fsp3) is 0.0952. The molecule has 0 aliphatic carbocycles. The van der Waals surface area contributed by atoms with E-state index in [1.165, 1.54) is 25.3 Å². The van der Waals surface area contributed by atoms with Crippen molar-refractivity contribution in [1.29, 1.82) is 0 Å². The number of benzene rings is 3. The van der Waals surface area contributed by atoms with E-state index in [1.807, 2.05) is 0 Å². The highest BCUT2D eigenvalue weighted by molar-refractivity contribution is 7.92. The molecular weight excluding hydrogens is 428 g/mol. The molecule has 9 heteroatoms. The molecule has 0 aromatic heterocycles. The van der Waals surface area contributed by atoms with Gasteiger partial charge in [-0.05, 0) is 60.7 Å². The third-order valence-corrected chi connectivity index (χ3v) is 5.55. The van der Waals surface area contributed by atoms with E-state index in [4.69, 9.17) is 21.1 Å². The maximum atomic E-state index is 12.6. The molecule has 30 heavy (non-hydrogen) atoms. The smallest absolute Gasteiger partial charge is 0.262 e. The van der Waals surface area contributed by atoms with Gasteiger partial charge in [-0.25, -0.2) is 8.42 Å². The third kappa shape index (κ3) is 5.88. The van der Waals surface area contributed by atoms with Crippen molar-refractivity contribution in [3.63, 3.8) is 0 Å². The van der Waals surface area contributed by atoms with Gasteiger partial charge >= 0.3 is 0 Å². The van der Waals surface area contributed by atoms with Crippen molar-refractivity contribution < 1.29 is 22.7 Å². The minimum absolute atomic E-state index is 0.00637. The molecule has 7 nitrogen and oxygen atoms in total. The third-order valence-electron chi connectivity index (χ3n) is 3.94. The molecule has 3 rings (SSSR count). The van der Waals surface area contributed by atoms with Gasteiger partial charge in [-0.1, -0.05) is 23.7 Å². The first kappa shape index (κ1) is 21.5. The minimum Gasteiger partial charge on any atom is -0.497 e. The van der Waals surface area contributed by atoms with Crippen LogP contribution in [0, 0.1) is 0 Å². The Morgan fingerprint density at radius 1 is 0.933 bits per heavy atom. The number of nitrogens with one attached hydrogen (secondary N) is 2. The van der Waals surface area contributed by atoms with Crippen LogP contribution < -0.4 is 19.5 Å². The van der Waals surface area contributed by atoms with Gasteiger partial charge in [0.1, 0.15) is 11.5 Å². The Morgan fingerprint density at radius 3 is 2.37 bits per heavy atom. The lowest BCUT2D eigenvalue weighted by Gasteiger charge is -2.11. The molecule has 0 spiro atoms. The number of methoxy groups -OCH3 is 1. The van der Waals surface area contributed by atoms with Crippen LogP contribution in [0.15, 0.2) is 77.7 Å². The number of carbonyl (C=O) groups excluding carboxylic acids is 1. The average molecular weight is 447 g/mol. The van der Waals surface area contributed by atoms with Gasteiger partial charge in [-0.15, -0.1) is 0 Å². The van der Waals surface area contributed by atoms with Crippen LogP contribution >= 0.6 is 11.6 Å². The van der Waals surface area contributed by atoms with E-state index in [-0.39, 0.29) is 11.5 Å². The van der Waals surface area contributed by atoms with Crippen molar-refractivity contribution in [1.82, 2.24) is 0 Å². The zero-order chi connectivity index (χ0) is 21.6. The summed E-state index contributed by atoms with van der Waals surface area (Å²) in [6.07, 6.45) is 0. The zero-order valence-corrected chi connectivity index (χ0v) is 17.5. The minimum atomic E-state index is -3.84. The largest absolute Gasteiger partial charge is 0.497 e. The molecule has 0 saturated carbocycles. The van der Waals surface area contributed by atoms with E-state index >= 15 is 0 Å². The van der Waals surface area contributed by atoms with E-state index in [0.29, 0.717) is 27.9 Å². The quantitative estimate of drug-likeness (QED) is 0.541. The predicted octanol–water partition coefficient (Wildman–Crippen LogP) is 4.17. The topological polar surface area (TPSA) is 93.7 Å². The number of sulfonamides is 1. The molecule has 0 radical (unpaired) electrons. The Kier molecular flexibility index (Phi) is 6.81. The van der Waals surface area contributed by atoms with Crippen LogP contribution in [0.25, 0.3) is 0 Å². The number of halogens is 1. The van der Waals surface area contributed by atoms with Gasteiger partial charge in [0, 0.05) is 16.4 Å². The summed E-state index contributed by atoms with van der Waals surface area (Å²) in [4.78, 5) is 12.1. The number of hydrogen-bond acceptors (Lipinski definition) is 5. The molecule has 0 saturated heterocycles. The van der Waals surface area contributed by atoms with Crippen LogP contribution in [-0.4, -0.2) is 28.0 Å². The summed E-state index contributed by atoms with van der Waals surface area (Å²) in [6.45, 7) is -0.249. The van der Waals surface area contributed by atoms with Crippen LogP contribution in [0.5, 0.6) is 11.5 Å². The Labute approximate surface area is 179 Å². The van der Waals surface area contributed by atoms with Gasteiger partial charge in [0.2, 0.25) is 0 Å². The molecule has 0 aliphatic rings. The van der Waals surface area contributed by atoms with E-state index in [1.54, 1.807) is 54.6 Å². The lowest BCUT2D eigenvalue weighted by atomic mass is 10.3. The zero-order valence-electron chi connectivity index (χ0n) is 16.0. The van der Waals surface area contributed by atoms with E-state index in [2.05, 4.69) is 10.0 Å². The second-order valence-electron chi connectivity index (χ2n) is 6.16. The SMILES string of the molecule is COc1ccc(NS(=O)(=O)c2cccc(NC(=O)COc3cccc(Cl)c3)c2)cc1. The van der Waals surface area contributed by atoms with E-state index in [0.717, 1.165) is 0 Å². The van der Waals surface area contributed by atoms with Crippen LogP contribution in [-0.2, 0) is 14.8 Å². The van der Waals surface area contributed by atoms with Gasteiger partial charge < -0.3 is 14.8 Å². The van der Waals surface area contributed by atoms with Gasteiger partial charge in [-0.3, -0.25) is 9.52 Å². The maximum absolute atomic E-state index is 12.6. The van der Waals surface area contributed by atoms with Crippen LogP contribution in [0.2, 0.25) is 5.02 Å². The molecule has 0 fully saturated rings. The first-order valence-corrected chi connectivity index (χ1v) is 10.7. The number of ether oxygens (including phenoxy) is 2. The van der Waals surface area contributed by atoms with Crippen molar-refractivity contribution in [2.24, 2.45) is 0 Å². The summed E-state index contributed by atoms with van der Waals surface area (Å²) in [5.74, 6) is 0.632. The van der Waals surface area contributed by atoms with Gasteiger partial charge in [0.05, 0.1) is 12.0 Å². The lowest BCUT2D eigenvalue weighted by molar-refractivity contribution is -0.118. The number of carbonyl (C=O) groups is 1. The number of amides is 1. The highest BCUT2D eigenvalue weighted by Gasteiger charge is 2.15. The monoisotopic (exact) mass is 446 g/mol. The molecule has 0 unspecified atom stereocenters. The molecule has 0 aliphatic heterocycles. The van der Waals surface area contributed by atoms with Crippen LogP contribution in [0.3, 0.4) is 0 Å². The van der Waals surface area contributed by atoms with Gasteiger partial charge in [-0.2, -0.15) is 0 Å². The van der Waals surface area contributed by atoms with Crippen LogP contribution in [0.1, 0.15) is 0 Å². The average Bonchev–Trinajstić information content (AvgIpc) is 2.73. The predicted molar refractivity (Wildman–Crippen MR) is 116 cm³/mol. The Bertz CT molecular complexity index is 1130. The molecular formula is C21H19ClN2O5S. The fourth-order valence-electron chi connectivity index (χ4n) is 2.52. The molecule has 0 bridgehead atoms. The van der Waals surface area contributed by atoms with Crippen molar-refractivity contribution in [2.75, 3.05) is 23.8 Å². The fourth-order valence-corrected chi connectivity index (χ4v) is 3.80. The Hall–Kier alpha value is -3.23. The summed E-state index contributed by atoms with van der Waals surface area (Å²) in [5.41, 5.74) is 0.715. The van der Waals surface area contributed by atoms with Crippen molar-refractivity contribution in [2.45, 2.75) is 4.90 Å². The maximum Gasteiger partial charge on any atom is 0.262 e. The Morgan fingerprint density at radius 2 is 1.67 bits per heavy atom. The first-order chi connectivity index (χ1) is 14.4. The molecule has 3 aromatic carbocycles. The highest BCUT2D eigenvalue weighted by atomic mass is 35.5. The number of rotatable bonds is 8. The first-order valence-electron chi connectivity index (χ1n) is 8.81. The van der Waals surface area contributed by atoms with Crippen molar-refractivity contribution in [3.05, 3.63) is 77.8 Å². The molecule has 0 atom stereocenters. The normalized spacial score (nSPS) is 10.9. The molecule has 3 aromatic rings. The van der Waals surface area contributed by atoms with Gasteiger partial charge in [0.25, 0.3) is 15.9 Å². The molecule has 1 amide bonds. The Balaban J connectivity index is 1.64. The summed E-state index contributed by atoms with van der Waals surface area (Å²) in [6, 6.07) is 19.1. The van der Waals surface area contributed by atoms with E-state index < -0.39 is 15.9 Å². The lowest BCUT2D eigenvalue weighted by Crippen LogP contribution is -2.20.